The van der Waals surface area contributed by atoms with E-state index in [1.54, 1.807) is 13.0 Å². The maximum absolute atomic E-state index is 11.5. The van der Waals surface area contributed by atoms with Crippen molar-refractivity contribution in [1.82, 2.24) is 0 Å². The number of anilines is 1. The molecule has 1 N–H and O–H groups in total. The molecule has 1 atom stereocenters. The Labute approximate surface area is 106 Å². The van der Waals surface area contributed by atoms with Crippen molar-refractivity contribution in [3.8, 4) is 0 Å². The van der Waals surface area contributed by atoms with Gasteiger partial charge in [-0.2, -0.15) is 0 Å². The molecule has 0 aliphatic rings. The summed E-state index contributed by atoms with van der Waals surface area (Å²) in [6, 6.07) is 4.35. The van der Waals surface area contributed by atoms with E-state index < -0.39 is 11.0 Å². The summed E-state index contributed by atoms with van der Waals surface area (Å²) in [5.74, 6) is -0.357. The highest BCUT2D eigenvalue weighted by Gasteiger charge is 2.16. The number of nitro benzene ring substituents is 1. The predicted octanol–water partition coefficient (Wildman–Crippen LogP) is 2.33. The number of nitrogens with one attached hydrogen (secondary N) is 1. The van der Waals surface area contributed by atoms with Crippen molar-refractivity contribution in [3.05, 3.63) is 32.8 Å². The lowest BCUT2D eigenvalue weighted by molar-refractivity contribution is -0.385. The van der Waals surface area contributed by atoms with Gasteiger partial charge in [-0.25, -0.2) is 0 Å². The molecule has 0 bridgehead atoms. The monoisotopic (exact) mass is 302 g/mol. The van der Waals surface area contributed by atoms with Gasteiger partial charge in [-0.1, -0.05) is 0 Å². The minimum Gasteiger partial charge on any atom is -0.372 e. The van der Waals surface area contributed by atoms with Crippen molar-refractivity contribution >= 4 is 33.2 Å². The highest BCUT2D eigenvalue weighted by molar-refractivity contribution is 9.10. The summed E-state index contributed by atoms with van der Waals surface area (Å²) in [5, 5.41) is 13.2. The first-order chi connectivity index (χ1) is 7.95. The number of amides is 1. The van der Waals surface area contributed by atoms with E-state index in [-0.39, 0.29) is 11.6 Å². The van der Waals surface area contributed by atoms with E-state index in [2.05, 4.69) is 21.2 Å². The molecule has 0 saturated carbocycles. The maximum Gasteiger partial charge on any atom is 0.285 e. The molecule has 1 amide bonds. The largest absolute Gasteiger partial charge is 0.372 e. The van der Waals surface area contributed by atoms with Gasteiger partial charge in [0.1, 0.15) is 6.10 Å². The molecule has 0 aliphatic carbocycles. The van der Waals surface area contributed by atoms with Gasteiger partial charge in [0.2, 0.25) is 0 Å². The normalized spacial score (nSPS) is 11.9. The number of nitrogens with zero attached hydrogens (tertiary/aromatic N) is 1. The topological polar surface area (TPSA) is 81.5 Å². The van der Waals surface area contributed by atoms with Crippen LogP contribution < -0.4 is 5.32 Å². The van der Waals surface area contributed by atoms with Crippen LogP contribution in [0.1, 0.15) is 6.92 Å². The number of nitro groups is 1. The van der Waals surface area contributed by atoms with Crippen molar-refractivity contribution in [2.45, 2.75) is 13.0 Å². The Balaban J connectivity index is 2.90. The summed E-state index contributed by atoms with van der Waals surface area (Å²) in [4.78, 5) is 21.7. The van der Waals surface area contributed by atoms with Crippen molar-refractivity contribution in [1.29, 1.82) is 0 Å². The second kappa shape index (κ2) is 5.74. The van der Waals surface area contributed by atoms with Crippen LogP contribution in [0.4, 0.5) is 11.4 Å². The molecule has 7 heteroatoms. The van der Waals surface area contributed by atoms with Gasteiger partial charge in [-0.05, 0) is 35.0 Å². The Morgan fingerprint density at radius 2 is 2.24 bits per heavy atom. The van der Waals surface area contributed by atoms with Gasteiger partial charge in [0.05, 0.1) is 9.40 Å². The zero-order valence-corrected chi connectivity index (χ0v) is 10.9. The third kappa shape index (κ3) is 3.50. The number of hydrogen-bond acceptors (Lipinski definition) is 4. The lowest BCUT2D eigenvalue weighted by atomic mass is 10.2. The molecule has 0 spiro atoms. The average Bonchev–Trinajstić information content (AvgIpc) is 2.30. The molecule has 0 aliphatic heterocycles. The maximum atomic E-state index is 11.5. The molecule has 6 nitrogen and oxygen atoms in total. The fourth-order valence-corrected chi connectivity index (χ4v) is 1.47. The van der Waals surface area contributed by atoms with Crippen LogP contribution in [0.25, 0.3) is 0 Å². The highest BCUT2D eigenvalue weighted by atomic mass is 79.9. The smallest absolute Gasteiger partial charge is 0.285 e. The quantitative estimate of drug-likeness (QED) is 0.683. The Hall–Kier alpha value is -1.47. The third-order valence-corrected chi connectivity index (χ3v) is 2.80. The standard InChI is InChI=1S/C10H11BrN2O4/c1-6(17-2)10(14)12-7-3-4-8(11)9(5-7)13(15)16/h3-6H,1-2H3,(H,12,14). The fourth-order valence-electron chi connectivity index (χ4n) is 1.08. The van der Waals surface area contributed by atoms with Crippen molar-refractivity contribution in [2.24, 2.45) is 0 Å². The number of carbonyl (C=O) groups excluding carboxylic acids is 1. The molecule has 0 fully saturated rings. The van der Waals surface area contributed by atoms with E-state index in [4.69, 9.17) is 4.74 Å². The summed E-state index contributed by atoms with van der Waals surface area (Å²) in [5.41, 5.74) is 0.252. The molecule has 1 rings (SSSR count). The van der Waals surface area contributed by atoms with Crippen LogP contribution >= 0.6 is 15.9 Å². The SMILES string of the molecule is COC(C)C(=O)Nc1ccc(Br)c([N+](=O)[O-])c1. The Kier molecular flexibility index (Phi) is 4.59. The van der Waals surface area contributed by atoms with Crippen LogP contribution in [0, 0.1) is 10.1 Å². The molecule has 1 unspecified atom stereocenters. The Morgan fingerprint density at radius 1 is 1.59 bits per heavy atom. The number of benzene rings is 1. The molecule has 0 heterocycles. The number of halogens is 1. The lowest BCUT2D eigenvalue weighted by Gasteiger charge is -2.10. The van der Waals surface area contributed by atoms with E-state index in [0.29, 0.717) is 10.2 Å². The summed E-state index contributed by atoms with van der Waals surface area (Å²) in [7, 11) is 1.41. The first-order valence-corrected chi connectivity index (χ1v) is 5.52. The first-order valence-electron chi connectivity index (χ1n) is 4.73. The number of hydrogen-bond donors (Lipinski definition) is 1. The first kappa shape index (κ1) is 13.6. The molecular formula is C10H11BrN2O4. The van der Waals surface area contributed by atoms with E-state index in [0.717, 1.165) is 0 Å². The van der Waals surface area contributed by atoms with E-state index in [1.165, 1.54) is 19.2 Å². The molecule has 17 heavy (non-hydrogen) atoms. The van der Waals surface area contributed by atoms with Crippen molar-refractivity contribution < 1.29 is 14.5 Å². The molecule has 1 aromatic carbocycles. The van der Waals surface area contributed by atoms with Crippen molar-refractivity contribution in [3.63, 3.8) is 0 Å². The van der Waals surface area contributed by atoms with Crippen LogP contribution in [0.5, 0.6) is 0 Å². The summed E-state index contributed by atoms with van der Waals surface area (Å²) < 4.78 is 5.19. The minimum absolute atomic E-state index is 0.104. The second-order valence-corrected chi connectivity index (χ2v) is 4.14. The zero-order chi connectivity index (χ0) is 13.0. The highest BCUT2D eigenvalue weighted by Crippen LogP contribution is 2.27. The van der Waals surface area contributed by atoms with Crippen LogP contribution in [-0.2, 0) is 9.53 Å². The van der Waals surface area contributed by atoms with Gasteiger partial charge in [0.25, 0.3) is 11.6 Å². The number of ether oxygens (including phenoxy) is 1. The number of methoxy groups -OCH3 is 1. The van der Waals surface area contributed by atoms with Crippen LogP contribution in [0.2, 0.25) is 0 Å². The second-order valence-electron chi connectivity index (χ2n) is 3.29. The summed E-state index contributed by atoms with van der Waals surface area (Å²) in [6.45, 7) is 1.59. The molecular weight excluding hydrogens is 292 g/mol. The zero-order valence-electron chi connectivity index (χ0n) is 9.27. The minimum atomic E-state index is -0.613. The van der Waals surface area contributed by atoms with E-state index in [9.17, 15) is 14.9 Å². The van der Waals surface area contributed by atoms with Crippen molar-refractivity contribution in [2.75, 3.05) is 12.4 Å². The van der Waals surface area contributed by atoms with Gasteiger partial charge in [-0.3, -0.25) is 14.9 Å². The van der Waals surface area contributed by atoms with Crippen LogP contribution in [0.3, 0.4) is 0 Å². The van der Waals surface area contributed by atoms with Gasteiger partial charge in [0, 0.05) is 18.9 Å². The Morgan fingerprint density at radius 3 is 2.76 bits per heavy atom. The van der Waals surface area contributed by atoms with Gasteiger partial charge < -0.3 is 10.1 Å². The van der Waals surface area contributed by atoms with Crippen LogP contribution in [0.15, 0.2) is 22.7 Å². The fraction of sp³-hybridized carbons (Fsp3) is 0.300. The molecule has 0 saturated heterocycles. The summed E-state index contributed by atoms with van der Waals surface area (Å²) >= 11 is 3.06. The van der Waals surface area contributed by atoms with Crippen LogP contribution in [-0.4, -0.2) is 24.0 Å². The summed E-state index contributed by atoms with van der Waals surface area (Å²) in [6.07, 6.45) is -0.613. The van der Waals surface area contributed by atoms with E-state index >= 15 is 0 Å². The number of carbonyl (C=O) groups is 1. The van der Waals surface area contributed by atoms with E-state index in [1.807, 2.05) is 0 Å². The molecule has 92 valence electrons. The molecule has 0 aromatic heterocycles. The Bertz CT molecular complexity index is 450. The third-order valence-electron chi connectivity index (χ3n) is 2.13. The van der Waals surface area contributed by atoms with Gasteiger partial charge in [-0.15, -0.1) is 0 Å². The predicted molar refractivity (Wildman–Crippen MR) is 65.9 cm³/mol. The molecule has 1 aromatic rings. The van der Waals surface area contributed by atoms with Gasteiger partial charge >= 0.3 is 0 Å². The number of rotatable bonds is 4. The average molecular weight is 303 g/mol. The van der Waals surface area contributed by atoms with Gasteiger partial charge in [0.15, 0.2) is 0 Å². The molecule has 0 radical (unpaired) electrons. The lowest BCUT2D eigenvalue weighted by Crippen LogP contribution is -2.26.